The largest absolute Gasteiger partial charge is 0.349 e. The summed E-state index contributed by atoms with van der Waals surface area (Å²) in [7, 11) is -2.30. The molecule has 0 spiro atoms. The van der Waals surface area contributed by atoms with Gasteiger partial charge in [0.2, 0.25) is 0 Å². The molecular weight excluding hydrogens is 312 g/mol. The zero-order valence-electron chi connectivity index (χ0n) is 12.8. The van der Waals surface area contributed by atoms with Gasteiger partial charge in [-0.25, -0.2) is 8.42 Å². The molecule has 0 atom stereocenters. The third kappa shape index (κ3) is 3.60. The molecule has 120 valence electrons. The number of para-hydroxylation sites is 1. The smallest absolute Gasteiger partial charge is 0.264 e. The fourth-order valence-electron chi connectivity index (χ4n) is 2.08. The number of carbonyl (C=O) groups is 1. The Labute approximate surface area is 136 Å². The van der Waals surface area contributed by atoms with Crippen LogP contribution in [0.3, 0.4) is 0 Å². The van der Waals surface area contributed by atoms with Crippen LogP contribution in [0, 0.1) is 0 Å². The maximum absolute atomic E-state index is 12.7. The first-order valence-corrected chi connectivity index (χ1v) is 8.44. The summed E-state index contributed by atoms with van der Waals surface area (Å²) < 4.78 is 26.5. The molecule has 0 aliphatic rings. The first kappa shape index (κ1) is 16.8. The van der Waals surface area contributed by atoms with Crippen LogP contribution < -0.4 is 9.62 Å². The SMILES string of the molecule is C=CCNC(=O)c1ccccc1N(C)S(=O)(=O)c1ccccc1. The van der Waals surface area contributed by atoms with Crippen molar-refractivity contribution < 1.29 is 13.2 Å². The van der Waals surface area contributed by atoms with Crippen molar-refractivity contribution >= 4 is 21.6 Å². The Morgan fingerprint density at radius 1 is 1.13 bits per heavy atom. The molecule has 23 heavy (non-hydrogen) atoms. The van der Waals surface area contributed by atoms with Crippen LogP contribution >= 0.6 is 0 Å². The van der Waals surface area contributed by atoms with Crippen molar-refractivity contribution in [3.63, 3.8) is 0 Å². The summed E-state index contributed by atoms with van der Waals surface area (Å²) in [5, 5.41) is 2.66. The molecule has 0 fully saturated rings. The minimum absolute atomic E-state index is 0.170. The summed E-state index contributed by atoms with van der Waals surface area (Å²) in [4.78, 5) is 12.4. The summed E-state index contributed by atoms with van der Waals surface area (Å²) in [6, 6.07) is 14.7. The normalized spacial score (nSPS) is 10.8. The van der Waals surface area contributed by atoms with E-state index in [9.17, 15) is 13.2 Å². The molecule has 0 aliphatic heterocycles. The molecule has 6 heteroatoms. The zero-order chi connectivity index (χ0) is 16.9. The van der Waals surface area contributed by atoms with E-state index in [1.807, 2.05) is 0 Å². The molecule has 1 N–H and O–H groups in total. The van der Waals surface area contributed by atoms with Crippen LogP contribution in [0.2, 0.25) is 0 Å². The Balaban J connectivity index is 2.42. The first-order chi connectivity index (χ1) is 11.0. The van der Waals surface area contributed by atoms with Gasteiger partial charge in [-0.1, -0.05) is 36.4 Å². The molecule has 0 saturated heterocycles. The molecule has 2 aromatic carbocycles. The van der Waals surface area contributed by atoms with Crippen molar-refractivity contribution in [2.24, 2.45) is 0 Å². The standard InChI is InChI=1S/C17H18N2O3S/c1-3-13-18-17(20)15-11-7-8-12-16(15)19(2)23(21,22)14-9-5-4-6-10-14/h3-12H,1,13H2,2H3,(H,18,20). The van der Waals surface area contributed by atoms with Crippen molar-refractivity contribution in [3.8, 4) is 0 Å². The Morgan fingerprint density at radius 2 is 1.74 bits per heavy atom. The number of carbonyl (C=O) groups excluding carboxylic acids is 1. The lowest BCUT2D eigenvalue weighted by Gasteiger charge is -2.22. The van der Waals surface area contributed by atoms with E-state index in [-0.39, 0.29) is 16.4 Å². The van der Waals surface area contributed by atoms with Gasteiger partial charge in [-0.3, -0.25) is 9.10 Å². The highest BCUT2D eigenvalue weighted by molar-refractivity contribution is 7.92. The van der Waals surface area contributed by atoms with Gasteiger partial charge in [0, 0.05) is 13.6 Å². The summed E-state index contributed by atoms with van der Waals surface area (Å²) >= 11 is 0. The summed E-state index contributed by atoms with van der Waals surface area (Å²) in [6.07, 6.45) is 1.56. The van der Waals surface area contributed by atoms with Gasteiger partial charge in [0.05, 0.1) is 16.1 Å². The number of sulfonamides is 1. The van der Waals surface area contributed by atoms with Crippen LogP contribution in [0.5, 0.6) is 0 Å². The topological polar surface area (TPSA) is 66.5 Å². The number of nitrogens with one attached hydrogen (secondary N) is 1. The second-order valence-electron chi connectivity index (χ2n) is 4.80. The molecule has 2 aromatic rings. The van der Waals surface area contributed by atoms with E-state index >= 15 is 0 Å². The molecule has 2 rings (SSSR count). The molecule has 0 unspecified atom stereocenters. The fraction of sp³-hybridized carbons (Fsp3) is 0.118. The van der Waals surface area contributed by atoms with Crippen LogP contribution in [0.15, 0.2) is 72.1 Å². The average molecular weight is 330 g/mol. The fourth-order valence-corrected chi connectivity index (χ4v) is 3.32. The van der Waals surface area contributed by atoms with Gasteiger partial charge in [0.25, 0.3) is 15.9 Å². The summed E-state index contributed by atoms with van der Waals surface area (Å²) in [5.41, 5.74) is 0.606. The van der Waals surface area contributed by atoms with Crippen LogP contribution in [0.1, 0.15) is 10.4 Å². The predicted molar refractivity (Wildman–Crippen MR) is 91.0 cm³/mol. The molecule has 0 radical (unpaired) electrons. The van der Waals surface area contributed by atoms with E-state index in [1.165, 1.54) is 19.2 Å². The van der Waals surface area contributed by atoms with E-state index < -0.39 is 10.0 Å². The van der Waals surface area contributed by atoms with Crippen LogP contribution in [0.25, 0.3) is 0 Å². The van der Waals surface area contributed by atoms with Crippen molar-refractivity contribution in [3.05, 3.63) is 72.8 Å². The van der Waals surface area contributed by atoms with Crippen molar-refractivity contribution in [2.45, 2.75) is 4.90 Å². The Hall–Kier alpha value is -2.60. The van der Waals surface area contributed by atoms with Gasteiger partial charge < -0.3 is 5.32 Å². The Bertz CT molecular complexity index is 802. The minimum atomic E-state index is -3.74. The van der Waals surface area contributed by atoms with Gasteiger partial charge >= 0.3 is 0 Å². The number of benzene rings is 2. The van der Waals surface area contributed by atoms with E-state index in [4.69, 9.17) is 0 Å². The number of amides is 1. The highest BCUT2D eigenvalue weighted by atomic mass is 32.2. The van der Waals surface area contributed by atoms with Crippen LogP contribution in [-0.4, -0.2) is 27.9 Å². The second-order valence-corrected chi connectivity index (χ2v) is 6.77. The third-order valence-corrected chi connectivity index (χ3v) is 5.08. The maximum Gasteiger partial charge on any atom is 0.264 e. The number of hydrogen-bond donors (Lipinski definition) is 1. The predicted octanol–water partition coefficient (Wildman–Crippen LogP) is 2.43. The molecule has 1 amide bonds. The quantitative estimate of drug-likeness (QED) is 0.827. The number of hydrogen-bond acceptors (Lipinski definition) is 3. The monoisotopic (exact) mass is 330 g/mol. The van der Waals surface area contributed by atoms with E-state index in [2.05, 4.69) is 11.9 Å². The molecular formula is C17H18N2O3S. The molecule has 0 saturated carbocycles. The van der Waals surface area contributed by atoms with Gasteiger partial charge in [-0.15, -0.1) is 6.58 Å². The van der Waals surface area contributed by atoms with Gasteiger partial charge in [0.15, 0.2) is 0 Å². The summed E-state index contributed by atoms with van der Waals surface area (Å²) in [6.45, 7) is 3.85. The summed E-state index contributed by atoms with van der Waals surface area (Å²) in [5.74, 6) is -0.351. The average Bonchev–Trinajstić information content (AvgIpc) is 2.59. The van der Waals surface area contributed by atoms with Crippen LogP contribution in [0.4, 0.5) is 5.69 Å². The molecule has 0 aliphatic carbocycles. The maximum atomic E-state index is 12.7. The highest BCUT2D eigenvalue weighted by Crippen LogP contribution is 2.25. The van der Waals surface area contributed by atoms with Gasteiger partial charge in [-0.05, 0) is 24.3 Å². The lowest BCUT2D eigenvalue weighted by Crippen LogP contribution is -2.30. The van der Waals surface area contributed by atoms with E-state index in [0.29, 0.717) is 12.2 Å². The molecule has 0 aromatic heterocycles. The molecule has 5 nitrogen and oxygen atoms in total. The van der Waals surface area contributed by atoms with Crippen molar-refractivity contribution in [1.82, 2.24) is 5.32 Å². The van der Waals surface area contributed by atoms with Crippen molar-refractivity contribution in [1.29, 1.82) is 0 Å². The lowest BCUT2D eigenvalue weighted by molar-refractivity contribution is 0.0958. The number of anilines is 1. The van der Waals surface area contributed by atoms with E-state index in [0.717, 1.165) is 4.31 Å². The molecule has 0 bridgehead atoms. The molecule has 0 heterocycles. The number of rotatable bonds is 6. The van der Waals surface area contributed by atoms with E-state index in [1.54, 1.807) is 48.5 Å². The third-order valence-electron chi connectivity index (χ3n) is 3.30. The van der Waals surface area contributed by atoms with Crippen molar-refractivity contribution in [2.75, 3.05) is 17.9 Å². The number of nitrogens with zero attached hydrogens (tertiary/aromatic N) is 1. The minimum Gasteiger partial charge on any atom is -0.349 e. The zero-order valence-corrected chi connectivity index (χ0v) is 13.6. The Kier molecular flexibility index (Phi) is 5.18. The second kappa shape index (κ2) is 7.11. The van der Waals surface area contributed by atoms with Gasteiger partial charge in [0.1, 0.15) is 0 Å². The van der Waals surface area contributed by atoms with Crippen LogP contribution in [-0.2, 0) is 10.0 Å². The van der Waals surface area contributed by atoms with Gasteiger partial charge in [-0.2, -0.15) is 0 Å². The Morgan fingerprint density at radius 3 is 2.39 bits per heavy atom. The highest BCUT2D eigenvalue weighted by Gasteiger charge is 2.24. The lowest BCUT2D eigenvalue weighted by atomic mass is 10.1. The first-order valence-electron chi connectivity index (χ1n) is 7.00.